The van der Waals surface area contributed by atoms with E-state index in [1.165, 1.54) is 9.75 Å². The Bertz CT molecular complexity index is 481. The first-order chi connectivity index (χ1) is 7.19. The van der Waals surface area contributed by atoms with Crippen LogP contribution in [0.1, 0.15) is 23.4 Å². The smallest absolute Gasteiger partial charge is 0.133 e. The molecule has 0 unspecified atom stereocenters. The Morgan fingerprint density at radius 3 is 2.87 bits per heavy atom. The minimum Gasteiger partial charge on any atom is -0.321 e. The molecule has 1 aliphatic rings. The van der Waals surface area contributed by atoms with E-state index in [1.54, 1.807) is 22.7 Å². The highest BCUT2D eigenvalue weighted by atomic mass is 32.1. The first-order valence-corrected chi connectivity index (χ1v) is 6.69. The van der Waals surface area contributed by atoms with Gasteiger partial charge in [0, 0.05) is 4.88 Å². The second-order valence-electron chi connectivity index (χ2n) is 4.07. The standard InChI is InChI=1S/C11H12N2S2/c1-7-9(11(12)4-5-11)15-10(13-7)8-3-2-6-14-8/h2-3,6H,4-5,12H2,1H3. The summed E-state index contributed by atoms with van der Waals surface area (Å²) in [5.41, 5.74) is 7.28. The van der Waals surface area contributed by atoms with Gasteiger partial charge in [-0.25, -0.2) is 4.98 Å². The number of rotatable bonds is 2. The summed E-state index contributed by atoms with van der Waals surface area (Å²) in [6.45, 7) is 2.07. The lowest BCUT2D eigenvalue weighted by atomic mass is 10.2. The second-order valence-corrected chi connectivity index (χ2v) is 6.01. The van der Waals surface area contributed by atoms with E-state index in [0.29, 0.717) is 0 Å². The Morgan fingerprint density at radius 1 is 1.47 bits per heavy atom. The molecule has 0 amide bonds. The van der Waals surface area contributed by atoms with E-state index < -0.39 is 0 Å². The maximum Gasteiger partial charge on any atom is 0.133 e. The van der Waals surface area contributed by atoms with Gasteiger partial charge in [-0.3, -0.25) is 0 Å². The highest BCUT2D eigenvalue weighted by Gasteiger charge is 2.43. The van der Waals surface area contributed by atoms with E-state index in [2.05, 4.69) is 29.4 Å². The summed E-state index contributed by atoms with van der Waals surface area (Å²) in [6.07, 6.45) is 2.22. The van der Waals surface area contributed by atoms with Crippen molar-refractivity contribution in [3.63, 3.8) is 0 Å². The fraction of sp³-hybridized carbons (Fsp3) is 0.364. The van der Waals surface area contributed by atoms with Crippen LogP contribution < -0.4 is 5.73 Å². The third-order valence-corrected chi connectivity index (χ3v) is 5.19. The summed E-state index contributed by atoms with van der Waals surface area (Å²) >= 11 is 3.50. The fourth-order valence-electron chi connectivity index (χ4n) is 1.73. The Morgan fingerprint density at radius 2 is 2.27 bits per heavy atom. The van der Waals surface area contributed by atoms with E-state index in [1.807, 2.05) is 0 Å². The van der Waals surface area contributed by atoms with Gasteiger partial charge in [-0.15, -0.1) is 22.7 Å². The van der Waals surface area contributed by atoms with Crippen molar-refractivity contribution in [3.05, 3.63) is 28.1 Å². The Kier molecular flexibility index (Phi) is 1.99. The van der Waals surface area contributed by atoms with Crippen molar-refractivity contribution in [3.8, 4) is 9.88 Å². The Labute approximate surface area is 96.8 Å². The molecule has 0 saturated heterocycles. The molecule has 1 aliphatic carbocycles. The van der Waals surface area contributed by atoms with Crippen molar-refractivity contribution in [2.24, 2.45) is 5.73 Å². The highest BCUT2D eigenvalue weighted by molar-refractivity contribution is 7.21. The van der Waals surface area contributed by atoms with Crippen molar-refractivity contribution < 1.29 is 0 Å². The molecular formula is C11H12N2S2. The van der Waals surface area contributed by atoms with Gasteiger partial charge < -0.3 is 5.73 Å². The maximum atomic E-state index is 6.21. The van der Waals surface area contributed by atoms with Crippen molar-refractivity contribution in [2.45, 2.75) is 25.3 Å². The van der Waals surface area contributed by atoms with E-state index in [9.17, 15) is 0 Å². The first-order valence-electron chi connectivity index (χ1n) is 5.00. The molecule has 0 aromatic carbocycles. The number of hydrogen-bond acceptors (Lipinski definition) is 4. The van der Waals surface area contributed by atoms with Crippen LogP contribution in [0.15, 0.2) is 17.5 Å². The third-order valence-electron chi connectivity index (χ3n) is 2.77. The zero-order chi connectivity index (χ0) is 10.5. The van der Waals surface area contributed by atoms with Gasteiger partial charge in [0.25, 0.3) is 0 Å². The molecule has 78 valence electrons. The van der Waals surface area contributed by atoms with Gasteiger partial charge in [0.1, 0.15) is 5.01 Å². The minimum atomic E-state index is -0.0444. The van der Waals surface area contributed by atoms with Crippen LogP contribution in [-0.2, 0) is 5.54 Å². The fourth-order valence-corrected chi connectivity index (χ4v) is 3.75. The van der Waals surface area contributed by atoms with Crippen LogP contribution in [-0.4, -0.2) is 4.98 Å². The molecule has 0 bridgehead atoms. The quantitative estimate of drug-likeness (QED) is 0.870. The molecule has 0 spiro atoms. The SMILES string of the molecule is Cc1nc(-c2cccs2)sc1C1(N)CC1. The maximum absolute atomic E-state index is 6.21. The molecule has 2 aromatic heterocycles. The summed E-state index contributed by atoms with van der Waals surface area (Å²) in [4.78, 5) is 7.14. The van der Waals surface area contributed by atoms with Crippen LogP contribution in [0.4, 0.5) is 0 Å². The largest absolute Gasteiger partial charge is 0.321 e. The molecule has 0 radical (unpaired) electrons. The normalized spacial score (nSPS) is 18.0. The van der Waals surface area contributed by atoms with Gasteiger partial charge in [-0.2, -0.15) is 0 Å². The van der Waals surface area contributed by atoms with E-state index in [-0.39, 0.29) is 5.54 Å². The number of thiazole rings is 1. The second kappa shape index (κ2) is 3.14. The summed E-state index contributed by atoms with van der Waals surface area (Å²) in [5.74, 6) is 0. The number of thiophene rings is 1. The van der Waals surface area contributed by atoms with E-state index in [0.717, 1.165) is 23.5 Å². The van der Waals surface area contributed by atoms with Crippen molar-refractivity contribution in [2.75, 3.05) is 0 Å². The number of aryl methyl sites for hydroxylation is 1. The average Bonchev–Trinajstić information content (AvgIpc) is 2.73. The molecule has 0 aliphatic heterocycles. The molecule has 2 aromatic rings. The number of nitrogens with two attached hydrogens (primary N) is 1. The summed E-state index contributed by atoms with van der Waals surface area (Å²) in [6, 6.07) is 4.18. The summed E-state index contributed by atoms with van der Waals surface area (Å²) < 4.78 is 0. The van der Waals surface area contributed by atoms with Crippen molar-refractivity contribution in [1.82, 2.24) is 4.98 Å². The lowest BCUT2D eigenvalue weighted by Crippen LogP contribution is -2.18. The molecule has 1 saturated carbocycles. The van der Waals surface area contributed by atoms with E-state index >= 15 is 0 Å². The minimum absolute atomic E-state index is 0.0444. The zero-order valence-electron chi connectivity index (χ0n) is 8.49. The Hall–Kier alpha value is -0.710. The Balaban J connectivity index is 2.06. The molecule has 0 atom stereocenters. The van der Waals surface area contributed by atoms with Gasteiger partial charge >= 0.3 is 0 Å². The van der Waals surface area contributed by atoms with Crippen LogP contribution in [0.25, 0.3) is 9.88 Å². The van der Waals surface area contributed by atoms with Crippen LogP contribution >= 0.6 is 22.7 Å². The summed E-state index contributed by atoms with van der Waals surface area (Å²) in [5, 5.41) is 3.20. The topological polar surface area (TPSA) is 38.9 Å². The van der Waals surface area contributed by atoms with Crippen LogP contribution in [0, 0.1) is 6.92 Å². The monoisotopic (exact) mass is 236 g/mol. The molecular weight excluding hydrogens is 224 g/mol. The molecule has 2 nitrogen and oxygen atoms in total. The lowest BCUT2D eigenvalue weighted by molar-refractivity contribution is 0.748. The molecule has 3 rings (SSSR count). The van der Waals surface area contributed by atoms with Crippen molar-refractivity contribution in [1.29, 1.82) is 0 Å². The van der Waals surface area contributed by atoms with Gasteiger partial charge in [0.05, 0.1) is 16.1 Å². The zero-order valence-corrected chi connectivity index (χ0v) is 10.1. The molecule has 15 heavy (non-hydrogen) atoms. The molecule has 1 fully saturated rings. The van der Waals surface area contributed by atoms with Gasteiger partial charge in [-0.1, -0.05) is 6.07 Å². The number of aromatic nitrogens is 1. The first kappa shape index (κ1) is 9.51. The highest BCUT2D eigenvalue weighted by Crippen LogP contribution is 2.48. The third kappa shape index (κ3) is 1.53. The predicted octanol–water partition coefficient (Wildman–Crippen LogP) is 3.13. The predicted molar refractivity (Wildman–Crippen MR) is 65.3 cm³/mol. The van der Waals surface area contributed by atoms with Gasteiger partial charge in [0.2, 0.25) is 0 Å². The van der Waals surface area contributed by atoms with Gasteiger partial charge in [0.15, 0.2) is 0 Å². The number of hydrogen-bond donors (Lipinski definition) is 1. The molecule has 4 heteroatoms. The molecule has 2 N–H and O–H groups in total. The molecule has 2 heterocycles. The summed E-state index contributed by atoms with van der Waals surface area (Å²) in [7, 11) is 0. The average molecular weight is 236 g/mol. The van der Waals surface area contributed by atoms with Gasteiger partial charge in [-0.05, 0) is 31.2 Å². The van der Waals surface area contributed by atoms with Crippen LogP contribution in [0.5, 0.6) is 0 Å². The van der Waals surface area contributed by atoms with Crippen molar-refractivity contribution >= 4 is 22.7 Å². The van der Waals surface area contributed by atoms with Crippen LogP contribution in [0.3, 0.4) is 0 Å². The van der Waals surface area contributed by atoms with E-state index in [4.69, 9.17) is 5.73 Å². The van der Waals surface area contributed by atoms with Crippen LogP contribution in [0.2, 0.25) is 0 Å². The lowest BCUT2D eigenvalue weighted by Gasteiger charge is -2.04. The number of nitrogens with zero attached hydrogens (tertiary/aromatic N) is 1.